The number of benzene rings is 1. The van der Waals surface area contributed by atoms with E-state index in [4.69, 9.17) is 0 Å². The molecule has 1 aromatic heterocycles. The monoisotopic (exact) mass is 263 g/mol. The molecule has 3 heteroatoms. The van der Waals surface area contributed by atoms with Crippen LogP contribution in [0.2, 0.25) is 0 Å². The molecule has 1 heterocycles. The van der Waals surface area contributed by atoms with Gasteiger partial charge in [-0.3, -0.25) is 14.6 Å². The summed E-state index contributed by atoms with van der Waals surface area (Å²) in [5.74, 6) is -0.0909. The van der Waals surface area contributed by atoms with Crippen molar-refractivity contribution in [3.8, 4) is 0 Å². The smallest absolute Gasteiger partial charge is 0.196 e. The van der Waals surface area contributed by atoms with Gasteiger partial charge in [-0.1, -0.05) is 24.3 Å². The Morgan fingerprint density at radius 3 is 2.35 bits per heavy atom. The maximum absolute atomic E-state index is 12.7. The highest BCUT2D eigenvalue weighted by Gasteiger charge is 2.33. The molecular weight excluding hydrogens is 250 g/mol. The Kier molecular flexibility index (Phi) is 2.36. The van der Waals surface area contributed by atoms with Gasteiger partial charge in [0.15, 0.2) is 11.6 Å². The van der Waals surface area contributed by atoms with Crippen molar-refractivity contribution in [2.75, 3.05) is 0 Å². The number of fused-ring (bicyclic) bond motifs is 4. The first-order valence-electron chi connectivity index (χ1n) is 6.96. The van der Waals surface area contributed by atoms with Gasteiger partial charge in [-0.2, -0.15) is 0 Å². The van der Waals surface area contributed by atoms with Gasteiger partial charge < -0.3 is 0 Å². The van der Waals surface area contributed by atoms with Crippen molar-refractivity contribution in [1.82, 2.24) is 4.98 Å². The molecule has 2 aromatic rings. The van der Waals surface area contributed by atoms with Gasteiger partial charge in [-0.05, 0) is 31.2 Å². The van der Waals surface area contributed by atoms with E-state index in [0.29, 0.717) is 22.3 Å². The summed E-state index contributed by atoms with van der Waals surface area (Å²) in [6, 6.07) is 7.07. The Morgan fingerprint density at radius 2 is 1.55 bits per heavy atom. The average Bonchev–Trinajstić information content (AvgIpc) is 2.51. The molecule has 0 bridgehead atoms. The fourth-order valence-electron chi connectivity index (χ4n) is 3.26. The number of hydrogen-bond acceptors (Lipinski definition) is 3. The molecule has 1 aromatic carbocycles. The van der Waals surface area contributed by atoms with Crippen LogP contribution in [0.5, 0.6) is 0 Å². The number of hydrogen-bond donors (Lipinski definition) is 0. The second-order valence-electron chi connectivity index (χ2n) is 5.38. The second kappa shape index (κ2) is 4.10. The topological polar surface area (TPSA) is 47.0 Å². The van der Waals surface area contributed by atoms with Crippen LogP contribution in [0.15, 0.2) is 30.5 Å². The van der Waals surface area contributed by atoms with Gasteiger partial charge >= 0.3 is 0 Å². The van der Waals surface area contributed by atoms with E-state index in [0.717, 1.165) is 36.9 Å². The lowest BCUT2D eigenvalue weighted by Crippen LogP contribution is -2.25. The van der Waals surface area contributed by atoms with Gasteiger partial charge in [-0.15, -0.1) is 0 Å². The van der Waals surface area contributed by atoms with Crippen molar-refractivity contribution in [1.29, 1.82) is 0 Å². The van der Waals surface area contributed by atoms with E-state index >= 15 is 0 Å². The number of nitrogens with zero attached hydrogens (tertiary/aromatic N) is 1. The van der Waals surface area contributed by atoms with E-state index in [2.05, 4.69) is 4.98 Å². The van der Waals surface area contributed by atoms with Gasteiger partial charge in [0, 0.05) is 28.6 Å². The third kappa shape index (κ3) is 1.43. The molecule has 0 unspecified atom stereocenters. The number of carbonyl (C=O) groups is 2. The van der Waals surface area contributed by atoms with Gasteiger partial charge in [-0.25, -0.2) is 0 Å². The quantitative estimate of drug-likeness (QED) is 0.626. The lowest BCUT2D eigenvalue weighted by atomic mass is 9.79. The van der Waals surface area contributed by atoms with Crippen LogP contribution in [0.1, 0.15) is 55.9 Å². The molecule has 0 fully saturated rings. The van der Waals surface area contributed by atoms with Gasteiger partial charge in [0.2, 0.25) is 0 Å². The Labute approximate surface area is 116 Å². The summed E-state index contributed by atoms with van der Waals surface area (Å²) < 4.78 is 0. The van der Waals surface area contributed by atoms with Gasteiger partial charge in [0.25, 0.3) is 0 Å². The molecule has 0 saturated carbocycles. The van der Waals surface area contributed by atoms with E-state index < -0.39 is 0 Å². The molecule has 0 amide bonds. The number of aromatic nitrogens is 1. The summed E-state index contributed by atoms with van der Waals surface area (Å²) >= 11 is 0. The number of carbonyl (C=O) groups excluding carboxylic acids is 2. The molecule has 3 nitrogen and oxygen atoms in total. The molecule has 0 spiro atoms. The summed E-state index contributed by atoms with van der Waals surface area (Å²) in [5.41, 5.74) is 4.12. The standard InChI is InChI=1S/C17H13NO2/c19-16-10-5-1-2-6-11(10)17(20)15-12-7-3-4-8-14(12)18-9-13(15)16/h1-2,5-6,9H,3-4,7-8H2. The molecule has 2 aliphatic rings. The second-order valence-corrected chi connectivity index (χ2v) is 5.38. The molecule has 20 heavy (non-hydrogen) atoms. The summed E-state index contributed by atoms with van der Waals surface area (Å²) in [6.45, 7) is 0. The highest BCUT2D eigenvalue weighted by Crippen LogP contribution is 2.32. The zero-order valence-electron chi connectivity index (χ0n) is 11.0. The predicted molar refractivity (Wildman–Crippen MR) is 74.2 cm³/mol. The lowest BCUT2D eigenvalue weighted by Gasteiger charge is -2.23. The first kappa shape index (κ1) is 11.5. The number of aryl methyl sites for hydroxylation is 1. The molecule has 4 rings (SSSR count). The summed E-state index contributed by atoms with van der Waals surface area (Å²) in [6.07, 6.45) is 5.53. The van der Waals surface area contributed by atoms with Crippen molar-refractivity contribution < 1.29 is 9.59 Å². The van der Waals surface area contributed by atoms with E-state index in [1.165, 1.54) is 0 Å². The average molecular weight is 263 g/mol. The fraction of sp³-hybridized carbons (Fsp3) is 0.235. The molecule has 98 valence electrons. The molecule has 0 radical (unpaired) electrons. The molecule has 0 atom stereocenters. The van der Waals surface area contributed by atoms with Crippen LogP contribution in [-0.4, -0.2) is 16.6 Å². The molecular formula is C17H13NO2. The lowest BCUT2D eigenvalue weighted by molar-refractivity contribution is 0.0977. The highest BCUT2D eigenvalue weighted by molar-refractivity contribution is 6.28. The number of rotatable bonds is 0. The zero-order valence-corrected chi connectivity index (χ0v) is 11.0. The minimum absolute atomic E-state index is 0.0178. The molecule has 0 aliphatic heterocycles. The highest BCUT2D eigenvalue weighted by atomic mass is 16.1. The summed E-state index contributed by atoms with van der Waals surface area (Å²) in [5, 5.41) is 0. The third-order valence-corrected chi connectivity index (χ3v) is 4.25. The zero-order chi connectivity index (χ0) is 13.7. The van der Waals surface area contributed by atoms with E-state index in [9.17, 15) is 9.59 Å². The number of ketones is 2. The van der Waals surface area contributed by atoms with Crippen molar-refractivity contribution in [3.05, 3.63) is 64.0 Å². The predicted octanol–water partition coefficient (Wildman–Crippen LogP) is 2.74. The van der Waals surface area contributed by atoms with E-state index in [1.54, 1.807) is 24.4 Å². The van der Waals surface area contributed by atoms with Crippen molar-refractivity contribution in [2.24, 2.45) is 0 Å². The summed E-state index contributed by atoms with van der Waals surface area (Å²) in [7, 11) is 0. The first-order chi connectivity index (χ1) is 9.77. The van der Waals surface area contributed by atoms with Crippen molar-refractivity contribution in [3.63, 3.8) is 0 Å². The first-order valence-corrected chi connectivity index (χ1v) is 6.96. The third-order valence-electron chi connectivity index (χ3n) is 4.25. The van der Waals surface area contributed by atoms with Crippen LogP contribution in [-0.2, 0) is 12.8 Å². The van der Waals surface area contributed by atoms with Gasteiger partial charge in [0.05, 0.1) is 5.56 Å². The van der Waals surface area contributed by atoms with Crippen LogP contribution in [0.3, 0.4) is 0 Å². The Balaban J connectivity index is 2.02. The number of pyridine rings is 1. The Morgan fingerprint density at radius 1 is 0.850 bits per heavy atom. The van der Waals surface area contributed by atoms with Crippen LogP contribution >= 0.6 is 0 Å². The van der Waals surface area contributed by atoms with Crippen molar-refractivity contribution in [2.45, 2.75) is 25.7 Å². The Bertz CT molecular complexity index is 762. The van der Waals surface area contributed by atoms with Gasteiger partial charge in [0.1, 0.15) is 0 Å². The van der Waals surface area contributed by atoms with E-state index in [1.807, 2.05) is 6.07 Å². The normalized spacial score (nSPS) is 16.4. The van der Waals surface area contributed by atoms with Crippen LogP contribution in [0.25, 0.3) is 0 Å². The summed E-state index contributed by atoms with van der Waals surface area (Å²) in [4.78, 5) is 29.7. The van der Waals surface area contributed by atoms with Crippen LogP contribution < -0.4 is 0 Å². The fourth-order valence-corrected chi connectivity index (χ4v) is 3.26. The minimum Gasteiger partial charge on any atom is -0.289 e. The van der Waals surface area contributed by atoms with Crippen LogP contribution in [0.4, 0.5) is 0 Å². The minimum atomic E-state index is -0.0731. The molecule has 0 N–H and O–H groups in total. The Hall–Kier alpha value is -2.29. The maximum Gasteiger partial charge on any atom is 0.196 e. The maximum atomic E-state index is 12.7. The van der Waals surface area contributed by atoms with E-state index in [-0.39, 0.29) is 11.6 Å². The largest absolute Gasteiger partial charge is 0.289 e. The molecule has 2 aliphatic carbocycles. The SMILES string of the molecule is O=C1c2ccccc2C(=O)c2c1cnc1c2CCCC1. The van der Waals surface area contributed by atoms with Crippen molar-refractivity contribution >= 4 is 11.6 Å². The molecule has 0 saturated heterocycles. The van der Waals surface area contributed by atoms with Crippen LogP contribution in [0, 0.1) is 0 Å².